The minimum absolute atomic E-state index is 0.0283. The van der Waals surface area contributed by atoms with Gasteiger partial charge < -0.3 is 10.2 Å². The third-order valence-corrected chi connectivity index (χ3v) is 3.93. The van der Waals surface area contributed by atoms with Gasteiger partial charge in [-0.3, -0.25) is 4.79 Å². The monoisotopic (exact) mass is 244 g/mol. The van der Waals surface area contributed by atoms with Crippen molar-refractivity contribution in [1.29, 1.82) is 0 Å². The predicted molar refractivity (Wildman–Crippen MR) is 62.4 cm³/mol. The molecule has 1 aliphatic heterocycles. The highest BCUT2D eigenvalue weighted by atomic mass is 35.5. The number of nitrogens with zero attached hydrogens (tertiary/aromatic N) is 1. The molecule has 15 heavy (non-hydrogen) atoms. The van der Waals surface area contributed by atoms with Crippen molar-refractivity contribution in [3.05, 3.63) is 22.4 Å². The third kappa shape index (κ3) is 2.51. The molecule has 5 heteroatoms. The van der Waals surface area contributed by atoms with E-state index in [0.29, 0.717) is 0 Å². The van der Waals surface area contributed by atoms with Crippen molar-refractivity contribution in [2.75, 3.05) is 26.2 Å². The zero-order valence-corrected chi connectivity index (χ0v) is 9.85. The molecule has 1 aromatic rings. The van der Waals surface area contributed by atoms with Gasteiger partial charge in [-0.2, -0.15) is 0 Å². The van der Waals surface area contributed by atoms with Crippen LogP contribution in [0, 0.1) is 0 Å². The van der Waals surface area contributed by atoms with Gasteiger partial charge in [-0.25, -0.2) is 0 Å². The van der Waals surface area contributed by atoms with Crippen LogP contribution in [0.1, 0.15) is 10.3 Å². The fourth-order valence-electron chi connectivity index (χ4n) is 1.60. The maximum Gasteiger partial charge on any atom is 0.246 e. The van der Waals surface area contributed by atoms with Crippen LogP contribution in [0.3, 0.4) is 0 Å². The lowest BCUT2D eigenvalue weighted by Crippen LogP contribution is -2.47. The Hall–Kier alpha value is -0.580. The standard InChI is InChI=1S/C10H13ClN2OS/c11-9(8-2-1-7-15-8)10(14)13-5-3-12-4-6-13/h1-2,7,9,12H,3-6H2. The summed E-state index contributed by atoms with van der Waals surface area (Å²) in [5, 5.41) is 4.64. The van der Waals surface area contributed by atoms with Gasteiger partial charge in [-0.15, -0.1) is 22.9 Å². The van der Waals surface area contributed by atoms with E-state index in [0.717, 1.165) is 31.1 Å². The summed E-state index contributed by atoms with van der Waals surface area (Å²) in [7, 11) is 0. The van der Waals surface area contributed by atoms with Gasteiger partial charge in [0.2, 0.25) is 5.91 Å². The van der Waals surface area contributed by atoms with Gasteiger partial charge in [-0.05, 0) is 11.4 Å². The molecule has 1 aliphatic rings. The Kier molecular flexibility index (Phi) is 3.61. The quantitative estimate of drug-likeness (QED) is 0.799. The van der Waals surface area contributed by atoms with Crippen LogP contribution in [0.15, 0.2) is 17.5 Å². The SMILES string of the molecule is O=C(C(Cl)c1cccs1)N1CCNCC1. The van der Waals surface area contributed by atoms with E-state index in [-0.39, 0.29) is 5.91 Å². The van der Waals surface area contributed by atoms with Gasteiger partial charge in [0, 0.05) is 31.1 Å². The Morgan fingerprint density at radius 2 is 2.27 bits per heavy atom. The minimum Gasteiger partial charge on any atom is -0.339 e. The molecule has 1 aromatic heterocycles. The Morgan fingerprint density at radius 3 is 2.87 bits per heavy atom. The molecule has 1 unspecified atom stereocenters. The van der Waals surface area contributed by atoms with Crippen LogP contribution in [-0.4, -0.2) is 37.0 Å². The molecule has 1 N–H and O–H groups in total. The molecule has 0 aliphatic carbocycles. The average molecular weight is 245 g/mol. The number of carbonyl (C=O) groups is 1. The van der Waals surface area contributed by atoms with Crippen molar-refractivity contribution < 1.29 is 4.79 Å². The number of halogens is 1. The highest BCUT2D eigenvalue weighted by Crippen LogP contribution is 2.26. The first-order valence-electron chi connectivity index (χ1n) is 4.96. The molecule has 1 amide bonds. The van der Waals surface area contributed by atoms with Crippen molar-refractivity contribution >= 4 is 28.8 Å². The summed E-state index contributed by atoms with van der Waals surface area (Å²) in [6.07, 6.45) is 0. The second kappa shape index (κ2) is 4.96. The lowest BCUT2D eigenvalue weighted by Gasteiger charge is -2.28. The van der Waals surface area contributed by atoms with E-state index in [2.05, 4.69) is 5.32 Å². The van der Waals surface area contributed by atoms with Gasteiger partial charge in [0.05, 0.1) is 0 Å². The van der Waals surface area contributed by atoms with Gasteiger partial charge in [0.15, 0.2) is 0 Å². The van der Waals surface area contributed by atoms with Crippen LogP contribution in [0.25, 0.3) is 0 Å². The van der Waals surface area contributed by atoms with Crippen molar-refractivity contribution in [1.82, 2.24) is 10.2 Å². The van der Waals surface area contributed by atoms with E-state index in [1.807, 2.05) is 22.4 Å². The maximum atomic E-state index is 12.0. The number of hydrogen-bond acceptors (Lipinski definition) is 3. The van der Waals surface area contributed by atoms with Gasteiger partial charge in [-0.1, -0.05) is 6.07 Å². The van der Waals surface area contributed by atoms with Gasteiger partial charge >= 0.3 is 0 Å². The number of alkyl halides is 1. The van der Waals surface area contributed by atoms with Crippen LogP contribution in [0.5, 0.6) is 0 Å². The molecule has 3 nitrogen and oxygen atoms in total. The summed E-state index contributed by atoms with van der Waals surface area (Å²) in [5.74, 6) is 0.0283. The topological polar surface area (TPSA) is 32.3 Å². The summed E-state index contributed by atoms with van der Waals surface area (Å²) in [6.45, 7) is 3.24. The lowest BCUT2D eigenvalue weighted by atomic mass is 10.2. The molecule has 1 fully saturated rings. The molecule has 2 rings (SSSR count). The number of rotatable bonds is 2. The van der Waals surface area contributed by atoms with E-state index in [9.17, 15) is 4.79 Å². The van der Waals surface area contributed by atoms with Crippen molar-refractivity contribution in [2.45, 2.75) is 5.38 Å². The number of hydrogen-bond donors (Lipinski definition) is 1. The zero-order chi connectivity index (χ0) is 10.7. The smallest absolute Gasteiger partial charge is 0.246 e. The largest absolute Gasteiger partial charge is 0.339 e. The number of piperazine rings is 1. The third-order valence-electron chi connectivity index (χ3n) is 2.44. The second-order valence-corrected chi connectivity index (χ2v) is 4.87. The molecule has 0 saturated carbocycles. The number of amides is 1. The van der Waals surface area contributed by atoms with E-state index in [4.69, 9.17) is 11.6 Å². The van der Waals surface area contributed by atoms with Crippen LogP contribution in [0.4, 0.5) is 0 Å². The Morgan fingerprint density at radius 1 is 1.53 bits per heavy atom. The molecule has 0 bridgehead atoms. The number of thiophene rings is 1. The van der Waals surface area contributed by atoms with E-state index < -0.39 is 5.38 Å². The highest BCUT2D eigenvalue weighted by Gasteiger charge is 2.25. The molecule has 0 spiro atoms. The zero-order valence-electron chi connectivity index (χ0n) is 8.28. The first-order chi connectivity index (χ1) is 7.29. The number of carbonyl (C=O) groups excluding carboxylic acids is 1. The molecule has 2 heterocycles. The highest BCUT2D eigenvalue weighted by molar-refractivity contribution is 7.10. The first-order valence-corrected chi connectivity index (χ1v) is 6.27. The van der Waals surface area contributed by atoms with Crippen molar-refractivity contribution in [3.63, 3.8) is 0 Å². The fourth-order valence-corrected chi connectivity index (χ4v) is 2.66. The van der Waals surface area contributed by atoms with E-state index in [1.54, 1.807) is 0 Å². The van der Waals surface area contributed by atoms with Crippen LogP contribution in [-0.2, 0) is 4.79 Å². The van der Waals surface area contributed by atoms with E-state index >= 15 is 0 Å². The van der Waals surface area contributed by atoms with Crippen LogP contribution < -0.4 is 5.32 Å². The summed E-state index contributed by atoms with van der Waals surface area (Å²) in [6, 6.07) is 3.82. The van der Waals surface area contributed by atoms with Crippen molar-refractivity contribution in [2.24, 2.45) is 0 Å². The summed E-state index contributed by atoms with van der Waals surface area (Å²) in [4.78, 5) is 14.7. The predicted octanol–water partition coefficient (Wildman–Crippen LogP) is 1.46. The Bertz CT molecular complexity index is 322. The lowest BCUT2D eigenvalue weighted by molar-refractivity contribution is -0.131. The summed E-state index contributed by atoms with van der Waals surface area (Å²) >= 11 is 7.66. The molecule has 1 atom stereocenters. The molecule has 0 aromatic carbocycles. The van der Waals surface area contributed by atoms with Crippen LogP contribution in [0.2, 0.25) is 0 Å². The van der Waals surface area contributed by atoms with E-state index in [1.165, 1.54) is 11.3 Å². The second-order valence-electron chi connectivity index (χ2n) is 3.45. The maximum absolute atomic E-state index is 12.0. The summed E-state index contributed by atoms with van der Waals surface area (Å²) < 4.78 is 0. The fraction of sp³-hybridized carbons (Fsp3) is 0.500. The normalized spacial score (nSPS) is 18.9. The first kappa shape index (κ1) is 10.9. The van der Waals surface area contributed by atoms with Crippen molar-refractivity contribution in [3.8, 4) is 0 Å². The Labute approximate surface area is 98.0 Å². The average Bonchev–Trinajstić information content (AvgIpc) is 2.82. The van der Waals surface area contributed by atoms with Crippen LogP contribution >= 0.6 is 22.9 Å². The molecular formula is C10H13ClN2OS. The molecule has 0 radical (unpaired) electrons. The van der Waals surface area contributed by atoms with Gasteiger partial charge in [0.25, 0.3) is 0 Å². The summed E-state index contributed by atoms with van der Waals surface area (Å²) in [5.41, 5.74) is 0. The molecule has 82 valence electrons. The minimum atomic E-state index is -0.511. The van der Waals surface area contributed by atoms with Gasteiger partial charge in [0.1, 0.15) is 5.38 Å². The molecule has 1 saturated heterocycles. The molecular weight excluding hydrogens is 232 g/mol. The Balaban J connectivity index is 2.00. The number of nitrogens with one attached hydrogen (secondary N) is 1.